The van der Waals surface area contributed by atoms with Crippen LogP contribution < -0.4 is 5.32 Å². The van der Waals surface area contributed by atoms with Crippen molar-refractivity contribution in [3.05, 3.63) is 58.3 Å². The highest BCUT2D eigenvalue weighted by atomic mass is 79.9. The summed E-state index contributed by atoms with van der Waals surface area (Å²) in [4.78, 5) is 26.7. The minimum atomic E-state index is -1.11. The lowest BCUT2D eigenvalue weighted by Crippen LogP contribution is -2.17. The van der Waals surface area contributed by atoms with Gasteiger partial charge in [-0.25, -0.2) is 4.79 Å². The summed E-state index contributed by atoms with van der Waals surface area (Å²) < 4.78 is 0.932. The van der Waals surface area contributed by atoms with E-state index in [1.807, 2.05) is 24.3 Å². The van der Waals surface area contributed by atoms with E-state index in [1.165, 1.54) is 18.5 Å². The molecule has 20 heavy (non-hydrogen) atoms. The number of anilines is 1. The Morgan fingerprint density at radius 2 is 1.90 bits per heavy atom. The highest BCUT2D eigenvalue weighted by Gasteiger charge is 2.12. The first-order chi connectivity index (χ1) is 9.56. The number of carbonyl (C=O) groups is 2. The van der Waals surface area contributed by atoms with Gasteiger partial charge in [-0.1, -0.05) is 28.1 Å². The van der Waals surface area contributed by atoms with E-state index in [9.17, 15) is 9.59 Å². The summed E-state index contributed by atoms with van der Waals surface area (Å²) in [6, 6.07) is 8.68. The van der Waals surface area contributed by atoms with Gasteiger partial charge in [0.2, 0.25) is 5.91 Å². The second-order valence-electron chi connectivity index (χ2n) is 4.08. The maximum absolute atomic E-state index is 11.9. The van der Waals surface area contributed by atoms with Crippen molar-refractivity contribution in [3.63, 3.8) is 0 Å². The van der Waals surface area contributed by atoms with Crippen LogP contribution >= 0.6 is 15.9 Å². The van der Waals surface area contributed by atoms with E-state index in [0.717, 1.165) is 10.0 Å². The topological polar surface area (TPSA) is 79.3 Å². The van der Waals surface area contributed by atoms with E-state index in [-0.39, 0.29) is 23.6 Å². The molecule has 0 atom stereocenters. The second-order valence-corrected chi connectivity index (χ2v) is 4.99. The number of carboxylic acid groups (broad SMARTS) is 1. The van der Waals surface area contributed by atoms with E-state index in [0.29, 0.717) is 0 Å². The molecule has 2 N–H and O–H groups in total. The molecule has 0 spiro atoms. The fourth-order valence-corrected chi connectivity index (χ4v) is 1.93. The number of hydrogen-bond acceptors (Lipinski definition) is 3. The van der Waals surface area contributed by atoms with E-state index in [2.05, 4.69) is 26.2 Å². The molecule has 0 bridgehead atoms. The average Bonchev–Trinajstić information content (AvgIpc) is 2.41. The Labute approximate surface area is 123 Å². The van der Waals surface area contributed by atoms with Crippen LogP contribution in [0.5, 0.6) is 0 Å². The van der Waals surface area contributed by atoms with Gasteiger partial charge in [0, 0.05) is 10.7 Å². The first-order valence-corrected chi connectivity index (χ1v) is 6.57. The van der Waals surface area contributed by atoms with Crippen LogP contribution in [0.2, 0.25) is 0 Å². The number of aromatic carboxylic acids is 1. The van der Waals surface area contributed by atoms with Gasteiger partial charge in [-0.2, -0.15) is 0 Å². The van der Waals surface area contributed by atoms with E-state index in [4.69, 9.17) is 5.11 Å². The number of aromatic nitrogens is 1. The third kappa shape index (κ3) is 3.64. The highest BCUT2D eigenvalue weighted by molar-refractivity contribution is 9.10. The molecular weight excluding hydrogens is 324 g/mol. The number of pyridine rings is 1. The van der Waals surface area contributed by atoms with Crippen LogP contribution in [-0.4, -0.2) is 22.0 Å². The first kappa shape index (κ1) is 14.2. The molecular formula is C14H11BrN2O3. The summed E-state index contributed by atoms with van der Waals surface area (Å²) in [6.07, 6.45) is 2.86. The molecule has 0 fully saturated rings. The molecule has 1 aromatic carbocycles. The van der Waals surface area contributed by atoms with Gasteiger partial charge in [-0.3, -0.25) is 9.78 Å². The normalized spacial score (nSPS) is 10.1. The van der Waals surface area contributed by atoms with E-state index >= 15 is 0 Å². The summed E-state index contributed by atoms with van der Waals surface area (Å²) >= 11 is 3.32. The van der Waals surface area contributed by atoms with Crippen molar-refractivity contribution < 1.29 is 14.7 Å². The molecule has 102 valence electrons. The van der Waals surface area contributed by atoms with Crippen LogP contribution in [0.15, 0.2) is 47.2 Å². The molecule has 0 aliphatic rings. The Morgan fingerprint density at radius 1 is 1.20 bits per heavy atom. The number of hydrogen-bond donors (Lipinski definition) is 2. The molecule has 6 heteroatoms. The Kier molecular flexibility index (Phi) is 4.47. The summed E-state index contributed by atoms with van der Waals surface area (Å²) in [5.41, 5.74) is 1.05. The number of nitrogens with one attached hydrogen (secondary N) is 1. The smallest absolute Gasteiger partial charge is 0.337 e. The molecule has 0 saturated heterocycles. The molecule has 0 unspecified atom stereocenters. The lowest BCUT2D eigenvalue weighted by atomic mass is 10.1. The van der Waals surface area contributed by atoms with E-state index in [1.54, 1.807) is 0 Å². The number of halogens is 1. The molecule has 2 aromatic rings. The van der Waals surface area contributed by atoms with Gasteiger partial charge in [0.15, 0.2) is 0 Å². The van der Waals surface area contributed by atoms with Crippen molar-refractivity contribution in [3.8, 4) is 0 Å². The van der Waals surface area contributed by atoms with Crippen molar-refractivity contribution in [1.82, 2.24) is 4.98 Å². The van der Waals surface area contributed by atoms with Crippen LogP contribution in [0.1, 0.15) is 15.9 Å². The summed E-state index contributed by atoms with van der Waals surface area (Å²) in [6.45, 7) is 0. The van der Waals surface area contributed by atoms with Crippen molar-refractivity contribution in [2.75, 3.05) is 5.32 Å². The van der Waals surface area contributed by atoms with Gasteiger partial charge in [0.05, 0.1) is 23.9 Å². The van der Waals surface area contributed by atoms with Crippen molar-refractivity contribution >= 4 is 33.5 Å². The molecule has 1 aromatic heterocycles. The minimum absolute atomic E-state index is 0.0177. The van der Waals surface area contributed by atoms with Crippen LogP contribution in [0.25, 0.3) is 0 Å². The lowest BCUT2D eigenvalue weighted by Gasteiger charge is -2.07. The Hall–Kier alpha value is -2.21. The fraction of sp³-hybridized carbons (Fsp3) is 0.0714. The number of amides is 1. The Balaban J connectivity index is 2.08. The van der Waals surface area contributed by atoms with E-state index < -0.39 is 5.97 Å². The zero-order valence-electron chi connectivity index (χ0n) is 10.3. The van der Waals surface area contributed by atoms with Gasteiger partial charge < -0.3 is 10.4 Å². The molecule has 1 heterocycles. The van der Waals surface area contributed by atoms with Gasteiger partial charge in [-0.15, -0.1) is 0 Å². The average molecular weight is 335 g/mol. The van der Waals surface area contributed by atoms with Gasteiger partial charge in [-0.05, 0) is 23.8 Å². The quantitative estimate of drug-likeness (QED) is 0.900. The predicted octanol–water partition coefficient (Wildman–Crippen LogP) is 2.72. The van der Waals surface area contributed by atoms with Crippen LogP contribution in [0, 0.1) is 0 Å². The molecule has 0 aliphatic carbocycles. The summed E-state index contributed by atoms with van der Waals surface area (Å²) in [5, 5.41) is 11.6. The minimum Gasteiger partial charge on any atom is -0.478 e. The maximum atomic E-state index is 11.9. The largest absolute Gasteiger partial charge is 0.478 e. The first-order valence-electron chi connectivity index (χ1n) is 5.78. The van der Waals surface area contributed by atoms with Crippen LogP contribution in [-0.2, 0) is 11.2 Å². The second kappa shape index (κ2) is 6.29. The number of nitrogens with zero attached hydrogens (tertiary/aromatic N) is 1. The van der Waals surface area contributed by atoms with Crippen LogP contribution in [0.3, 0.4) is 0 Å². The lowest BCUT2D eigenvalue weighted by molar-refractivity contribution is -0.115. The molecule has 1 amide bonds. The van der Waals surface area contributed by atoms with Gasteiger partial charge in [0.1, 0.15) is 0 Å². The predicted molar refractivity (Wildman–Crippen MR) is 77.7 cm³/mol. The molecule has 0 radical (unpaired) electrons. The third-order valence-corrected chi connectivity index (χ3v) is 3.13. The summed E-state index contributed by atoms with van der Waals surface area (Å²) in [5.74, 6) is -1.39. The van der Waals surface area contributed by atoms with Crippen LogP contribution in [0.4, 0.5) is 5.69 Å². The molecule has 5 nitrogen and oxygen atoms in total. The number of benzene rings is 1. The SMILES string of the molecule is O=C(Cc1ccc(Br)cc1)Nc1cnccc1C(=O)O. The highest BCUT2D eigenvalue weighted by Crippen LogP contribution is 2.15. The monoisotopic (exact) mass is 334 g/mol. The standard InChI is InChI=1S/C14H11BrN2O3/c15-10-3-1-9(2-4-10)7-13(18)17-12-8-16-6-5-11(12)14(19)20/h1-6,8H,7H2,(H,17,18)(H,19,20). The number of carbonyl (C=O) groups excluding carboxylic acids is 1. The van der Waals surface area contributed by atoms with Gasteiger partial charge >= 0.3 is 5.97 Å². The Morgan fingerprint density at radius 3 is 2.55 bits per heavy atom. The van der Waals surface area contributed by atoms with Gasteiger partial charge in [0.25, 0.3) is 0 Å². The Bertz CT molecular complexity index is 641. The fourth-order valence-electron chi connectivity index (χ4n) is 1.66. The van der Waals surface area contributed by atoms with Crippen molar-refractivity contribution in [1.29, 1.82) is 0 Å². The molecule has 2 rings (SSSR count). The summed E-state index contributed by atoms with van der Waals surface area (Å²) in [7, 11) is 0. The number of rotatable bonds is 4. The molecule has 0 aliphatic heterocycles. The van der Waals surface area contributed by atoms with Crippen molar-refractivity contribution in [2.24, 2.45) is 0 Å². The number of carboxylic acids is 1. The van der Waals surface area contributed by atoms with Crippen molar-refractivity contribution in [2.45, 2.75) is 6.42 Å². The third-order valence-electron chi connectivity index (χ3n) is 2.60. The zero-order valence-corrected chi connectivity index (χ0v) is 11.9. The zero-order chi connectivity index (χ0) is 14.5. The molecule has 0 saturated carbocycles. The maximum Gasteiger partial charge on any atom is 0.337 e.